The minimum atomic E-state index is -0.955. The van der Waals surface area contributed by atoms with Crippen molar-refractivity contribution in [2.24, 2.45) is 0 Å². The highest BCUT2D eigenvalue weighted by molar-refractivity contribution is 5.90. The fourth-order valence-electron chi connectivity index (χ4n) is 2.85. The van der Waals surface area contributed by atoms with Crippen LogP contribution < -0.4 is 9.64 Å². The van der Waals surface area contributed by atoms with Gasteiger partial charge < -0.3 is 14.7 Å². The minimum absolute atomic E-state index is 0.217. The van der Waals surface area contributed by atoms with Gasteiger partial charge in [-0.05, 0) is 36.6 Å². The summed E-state index contributed by atoms with van der Waals surface area (Å²) in [6, 6.07) is 15.2. The number of carboxylic acid groups (broad SMARTS) is 1. The van der Waals surface area contributed by atoms with Crippen LogP contribution in [0.1, 0.15) is 22.3 Å². The predicted octanol–water partition coefficient (Wildman–Crippen LogP) is 3.22. The standard InChI is InChI=1S/C18H19NO3/c20-18(21)15-7-2-4-9-17(15)22-13-5-11-19-12-10-14-6-1-3-8-16(14)19/h1-4,6-9H,5,10-13H2,(H,20,21). The van der Waals surface area contributed by atoms with Gasteiger partial charge in [0.2, 0.25) is 0 Å². The number of hydrogen-bond acceptors (Lipinski definition) is 3. The second-order valence-electron chi connectivity index (χ2n) is 5.37. The van der Waals surface area contributed by atoms with Crippen molar-refractivity contribution in [1.82, 2.24) is 0 Å². The van der Waals surface area contributed by atoms with Crippen LogP contribution in [-0.2, 0) is 6.42 Å². The summed E-state index contributed by atoms with van der Waals surface area (Å²) in [5.74, 6) is -0.513. The number of nitrogens with zero attached hydrogens (tertiary/aromatic N) is 1. The van der Waals surface area contributed by atoms with Gasteiger partial charge in [-0.2, -0.15) is 0 Å². The molecule has 0 bridgehead atoms. The number of fused-ring (bicyclic) bond motifs is 1. The van der Waals surface area contributed by atoms with Crippen LogP contribution in [0, 0.1) is 0 Å². The largest absolute Gasteiger partial charge is 0.493 e. The summed E-state index contributed by atoms with van der Waals surface area (Å²) in [5.41, 5.74) is 2.93. The Kier molecular flexibility index (Phi) is 4.28. The molecule has 0 aliphatic carbocycles. The van der Waals surface area contributed by atoms with E-state index in [9.17, 15) is 4.79 Å². The molecule has 1 aliphatic heterocycles. The van der Waals surface area contributed by atoms with Crippen molar-refractivity contribution in [2.75, 3.05) is 24.6 Å². The zero-order valence-electron chi connectivity index (χ0n) is 12.4. The Labute approximate surface area is 130 Å². The monoisotopic (exact) mass is 297 g/mol. The molecule has 22 heavy (non-hydrogen) atoms. The molecular weight excluding hydrogens is 278 g/mol. The number of anilines is 1. The molecule has 0 unspecified atom stereocenters. The van der Waals surface area contributed by atoms with Crippen molar-refractivity contribution in [3.05, 3.63) is 59.7 Å². The minimum Gasteiger partial charge on any atom is -0.493 e. The fourth-order valence-corrected chi connectivity index (χ4v) is 2.85. The number of benzene rings is 2. The lowest BCUT2D eigenvalue weighted by Crippen LogP contribution is -2.23. The van der Waals surface area contributed by atoms with Crippen LogP contribution in [0.2, 0.25) is 0 Å². The van der Waals surface area contributed by atoms with Crippen LogP contribution in [0.15, 0.2) is 48.5 Å². The summed E-state index contributed by atoms with van der Waals surface area (Å²) >= 11 is 0. The van der Waals surface area contributed by atoms with Gasteiger partial charge in [0, 0.05) is 18.8 Å². The SMILES string of the molecule is O=C(O)c1ccccc1OCCCN1CCc2ccccc21. The summed E-state index contributed by atoms with van der Waals surface area (Å²) in [6.07, 6.45) is 1.96. The first-order valence-electron chi connectivity index (χ1n) is 7.53. The number of aromatic carboxylic acids is 1. The van der Waals surface area contributed by atoms with Gasteiger partial charge in [0.1, 0.15) is 11.3 Å². The van der Waals surface area contributed by atoms with Crippen molar-refractivity contribution in [2.45, 2.75) is 12.8 Å². The van der Waals surface area contributed by atoms with Gasteiger partial charge in [-0.1, -0.05) is 30.3 Å². The average Bonchev–Trinajstić information content (AvgIpc) is 2.95. The van der Waals surface area contributed by atoms with Crippen LogP contribution in [0.5, 0.6) is 5.75 Å². The molecule has 114 valence electrons. The molecule has 0 saturated heterocycles. The lowest BCUT2D eigenvalue weighted by atomic mass is 10.2. The first-order chi connectivity index (χ1) is 10.8. The molecule has 2 aromatic rings. The average molecular weight is 297 g/mol. The highest BCUT2D eigenvalue weighted by Gasteiger charge is 2.17. The molecule has 0 spiro atoms. The van der Waals surface area contributed by atoms with Gasteiger partial charge in [0.05, 0.1) is 6.61 Å². The third-order valence-electron chi connectivity index (χ3n) is 3.93. The molecule has 0 radical (unpaired) electrons. The van der Waals surface area contributed by atoms with Crippen LogP contribution in [0.4, 0.5) is 5.69 Å². The Morgan fingerprint density at radius 3 is 2.77 bits per heavy atom. The molecule has 1 aliphatic rings. The second kappa shape index (κ2) is 6.52. The van der Waals surface area contributed by atoms with Gasteiger partial charge in [-0.3, -0.25) is 0 Å². The number of ether oxygens (including phenoxy) is 1. The van der Waals surface area contributed by atoms with Gasteiger partial charge >= 0.3 is 5.97 Å². The molecule has 2 aromatic carbocycles. The lowest BCUT2D eigenvalue weighted by molar-refractivity contribution is 0.0692. The quantitative estimate of drug-likeness (QED) is 0.832. The molecule has 4 heteroatoms. The van der Waals surface area contributed by atoms with Crippen molar-refractivity contribution in [3.8, 4) is 5.75 Å². The molecule has 1 N–H and O–H groups in total. The Hall–Kier alpha value is -2.49. The molecule has 0 aromatic heterocycles. The van der Waals surface area contributed by atoms with Gasteiger partial charge in [0.25, 0.3) is 0 Å². The number of hydrogen-bond donors (Lipinski definition) is 1. The van der Waals surface area contributed by atoms with Gasteiger partial charge in [0.15, 0.2) is 0 Å². The fraction of sp³-hybridized carbons (Fsp3) is 0.278. The van der Waals surface area contributed by atoms with Crippen molar-refractivity contribution in [3.63, 3.8) is 0 Å². The summed E-state index contributed by atoms with van der Waals surface area (Å²) in [4.78, 5) is 13.5. The molecule has 0 saturated carbocycles. The maximum atomic E-state index is 11.1. The van der Waals surface area contributed by atoms with Crippen LogP contribution >= 0.6 is 0 Å². The third kappa shape index (κ3) is 3.06. The molecule has 0 fully saturated rings. The lowest BCUT2D eigenvalue weighted by Gasteiger charge is -2.19. The van der Waals surface area contributed by atoms with E-state index >= 15 is 0 Å². The Balaban J connectivity index is 1.52. The number of para-hydroxylation sites is 2. The van der Waals surface area contributed by atoms with E-state index in [1.165, 1.54) is 11.3 Å². The smallest absolute Gasteiger partial charge is 0.339 e. The normalized spacial score (nSPS) is 13.0. The maximum Gasteiger partial charge on any atom is 0.339 e. The Morgan fingerprint density at radius 1 is 1.14 bits per heavy atom. The van der Waals surface area contributed by atoms with E-state index in [2.05, 4.69) is 29.2 Å². The zero-order chi connectivity index (χ0) is 15.4. The Bertz CT molecular complexity index is 669. The van der Waals surface area contributed by atoms with Gasteiger partial charge in [-0.15, -0.1) is 0 Å². The summed E-state index contributed by atoms with van der Waals surface area (Å²) in [5, 5.41) is 9.12. The van der Waals surface area contributed by atoms with Crippen LogP contribution in [-0.4, -0.2) is 30.8 Å². The summed E-state index contributed by atoms with van der Waals surface area (Å²) < 4.78 is 5.64. The molecule has 1 heterocycles. The number of carboxylic acids is 1. The van der Waals surface area contributed by atoms with E-state index in [1.54, 1.807) is 24.3 Å². The van der Waals surface area contributed by atoms with E-state index in [1.807, 2.05) is 0 Å². The van der Waals surface area contributed by atoms with E-state index in [0.29, 0.717) is 12.4 Å². The van der Waals surface area contributed by atoms with Gasteiger partial charge in [-0.25, -0.2) is 4.79 Å². The molecule has 0 atom stereocenters. The molecule has 0 amide bonds. The first-order valence-corrected chi connectivity index (χ1v) is 7.53. The molecular formula is C18H19NO3. The first kappa shape index (κ1) is 14.4. The van der Waals surface area contributed by atoms with Crippen LogP contribution in [0.3, 0.4) is 0 Å². The molecule has 4 nitrogen and oxygen atoms in total. The number of carbonyl (C=O) groups is 1. The van der Waals surface area contributed by atoms with E-state index in [4.69, 9.17) is 9.84 Å². The number of rotatable bonds is 6. The second-order valence-corrected chi connectivity index (χ2v) is 5.37. The summed E-state index contributed by atoms with van der Waals surface area (Å²) in [6.45, 7) is 2.49. The zero-order valence-corrected chi connectivity index (χ0v) is 12.4. The topological polar surface area (TPSA) is 49.8 Å². The van der Waals surface area contributed by atoms with E-state index in [-0.39, 0.29) is 5.56 Å². The highest BCUT2D eigenvalue weighted by Crippen LogP contribution is 2.27. The maximum absolute atomic E-state index is 11.1. The third-order valence-corrected chi connectivity index (χ3v) is 3.93. The van der Waals surface area contributed by atoms with E-state index in [0.717, 1.165) is 25.9 Å². The Morgan fingerprint density at radius 2 is 1.91 bits per heavy atom. The van der Waals surface area contributed by atoms with Crippen molar-refractivity contribution >= 4 is 11.7 Å². The van der Waals surface area contributed by atoms with Crippen LogP contribution in [0.25, 0.3) is 0 Å². The van der Waals surface area contributed by atoms with Crippen molar-refractivity contribution in [1.29, 1.82) is 0 Å². The van der Waals surface area contributed by atoms with E-state index < -0.39 is 5.97 Å². The summed E-state index contributed by atoms with van der Waals surface area (Å²) in [7, 11) is 0. The molecule has 3 rings (SSSR count). The van der Waals surface area contributed by atoms with Crippen molar-refractivity contribution < 1.29 is 14.6 Å². The predicted molar refractivity (Wildman–Crippen MR) is 85.9 cm³/mol. The highest BCUT2D eigenvalue weighted by atomic mass is 16.5.